The standard InChI is InChI=1S/C52H35NO/c1-4-12-36(13-5-1)38-24-29-44(30-25-38)53(46-19-10-18-42(34-46)37-14-6-2-7-15-37)45-31-26-39(27-32-45)43-23-22-41-28-33-50-52(48(41)35-43)51-47(20-11-21-49(51)54-50)40-16-8-3-9-17-40/h1-35H. The van der Waals surface area contributed by atoms with Crippen LogP contribution in [-0.4, -0.2) is 0 Å². The number of furan rings is 1. The van der Waals surface area contributed by atoms with Crippen LogP contribution >= 0.6 is 0 Å². The lowest BCUT2D eigenvalue weighted by Gasteiger charge is -2.26. The first-order chi connectivity index (χ1) is 26.8. The van der Waals surface area contributed by atoms with Crippen LogP contribution in [0.2, 0.25) is 0 Å². The van der Waals surface area contributed by atoms with Gasteiger partial charge >= 0.3 is 0 Å². The maximum Gasteiger partial charge on any atom is 0.136 e. The van der Waals surface area contributed by atoms with Crippen LogP contribution in [-0.2, 0) is 0 Å². The van der Waals surface area contributed by atoms with Crippen LogP contribution in [0.4, 0.5) is 17.1 Å². The van der Waals surface area contributed by atoms with E-state index in [2.05, 4.69) is 217 Å². The Kier molecular flexibility index (Phi) is 7.85. The van der Waals surface area contributed by atoms with Crippen LogP contribution in [0.3, 0.4) is 0 Å². The van der Waals surface area contributed by atoms with Gasteiger partial charge in [-0.3, -0.25) is 0 Å². The van der Waals surface area contributed by atoms with Crippen molar-refractivity contribution in [1.29, 1.82) is 0 Å². The van der Waals surface area contributed by atoms with Gasteiger partial charge in [-0.1, -0.05) is 158 Å². The highest BCUT2D eigenvalue weighted by Gasteiger charge is 2.17. The molecule has 1 aromatic heterocycles. The normalized spacial score (nSPS) is 11.3. The molecule has 254 valence electrons. The van der Waals surface area contributed by atoms with Crippen molar-refractivity contribution < 1.29 is 4.42 Å². The van der Waals surface area contributed by atoms with E-state index in [1.54, 1.807) is 0 Å². The molecule has 0 unspecified atom stereocenters. The molecule has 0 bridgehead atoms. The van der Waals surface area contributed by atoms with Crippen molar-refractivity contribution in [2.45, 2.75) is 0 Å². The zero-order valence-corrected chi connectivity index (χ0v) is 29.6. The predicted octanol–water partition coefficient (Wildman–Crippen LogP) is 14.9. The monoisotopic (exact) mass is 689 g/mol. The van der Waals surface area contributed by atoms with E-state index >= 15 is 0 Å². The van der Waals surface area contributed by atoms with Crippen molar-refractivity contribution in [3.05, 3.63) is 212 Å². The lowest BCUT2D eigenvalue weighted by molar-refractivity contribution is 0.669. The van der Waals surface area contributed by atoms with E-state index in [1.165, 1.54) is 44.2 Å². The van der Waals surface area contributed by atoms with E-state index in [0.717, 1.165) is 50.1 Å². The fourth-order valence-corrected chi connectivity index (χ4v) is 7.81. The Labute approximate surface area is 314 Å². The third-order valence-corrected chi connectivity index (χ3v) is 10.5. The number of hydrogen-bond acceptors (Lipinski definition) is 2. The van der Waals surface area contributed by atoms with Crippen LogP contribution in [0.25, 0.3) is 77.2 Å². The summed E-state index contributed by atoms with van der Waals surface area (Å²) in [6.45, 7) is 0. The number of anilines is 3. The average molecular weight is 690 g/mol. The third kappa shape index (κ3) is 5.71. The molecular weight excluding hydrogens is 655 g/mol. The smallest absolute Gasteiger partial charge is 0.136 e. The summed E-state index contributed by atoms with van der Waals surface area (Å²) in [5.41, 5.74) is 14.6. The molecule has 0 fully saturated rings. The summed E-state index contributed by atoms with van der Waals surface area (Å²) in [6, 6.07) is 75.8. The second-order valence-corrected chi connectivity index (χ2v) is 13.7. The fraction of sp³-hybridized carbons (Fsp3) is 0. The van der Waals surface area contributed by atoms with Gasteiger partial charge in [0.1, 0.15) is 11.2 Å². The Morgan fingerprint density at radius 1 is 0.296 bits per heavy atom. The lowest BCUT2D eigenvalue weighted by Crippen LogP contribution is -2.10. The van der Waals surface area contributed by atoms with Crippen molar-refractivity contribution in [3.8, 4) is 44.5 Å². The van der Waals surface area contributed by atoms with E-state index < -0.39 is 0 Å². The van der Waals surface area contributed by atoms with Crippen LogP contribution in [0.5, 0.6) is 0 Å². The van der Waals surface area contributed by atoms with Gasteiger partial charge in [0.15, 0.2) is 0 Å². The first-order valence-corrected chi connectivity index (χ1v) is 18.4. The van der Waals surface area contributed by atoms with Gasteiger partial charge in [0, 0.05) is 27.8 Å². The number of nitrogens with zero attached hydrogens (tertiary/aromatic N) is 1. The van der Waals surface area contributed by atoms with Crippen molar-refractivity contribution in [1.82, 2.24) is 0 Å². The molecule has 9 aromatic carbocycles. The Morgan fingerprint density at radius 3 is 1.44 bits per heavy atom. The summed E-state index contributed by atoms with van der Waals surface area (Å²) in [5, 5.41) is 4.69. The van der Waals surface area contributed by atoms with Gasteiger partial charge in [-0.2, -0.15) is 0 Å². The first kappa shape index (κ1) is 31.6. The fourth-order valence-electron chi connectivity index (χ4n) is 7.81. The van der Waals surface area contributed by atoms with Crippen molar-refractivity contribution >= 4 is 49.8 Å². The second-order valence-electron chi connectivity index (χ2n) is 13.7. The molecule has 0 aliphatic carbocycles. The molecule has 0 N–H and O–H groups in total. The summed E-state index contributed by atoms with van der Waals surface area (Å²) >= 11 is 0. The zero-order chi connectivity index (χ0) is 35.8. The molecule has 10 rings (SSSR count). The minimum absolute atomic E-state index is 0.903. The first-order valence-electron chi connectivity index (χ1n) is 18.4. The number of hydrogen-bond donors (Lipinski definition) is 0. The average Bonchev–Trinajstić information content (AvgIpc) is 3.65. The highest BCUT2D eigenvalue weighted by atomic mass is 16.3. The molecule has 0 radical (unpaired) electrons. The molecule has 0 aliphatic rings. The lowest BCUT2D eigenvalue weighted by atomic mass is 9.95. The maximum absolute atomic E-state index is 6.46. The van der Waals surface area contributed by atoms with E-state index in [-0.39, 0.29) is 0 Å². The topological polar surface area (TPSA) is 16.4 Å². The molecule has 0 atom stereocenters. The Hall–Kier alpha value is -7.16. The summed E-state index contributed by atoms with van der Waals surface area (Å²) in [5.74, 6) is 0. The Bertz CT molecular complexity index is 2890. The quantitative estimate of drug-likeness (QED) is 0.166. The van der Waals surface area contributed by atoms with Gasteiger partial charge in [0.05, 0.1) is 0 Å². The van der Waals surface area contributed by atoms with E-state index in [1.807, 2.05) is 0 Å². The number of benzene rings is 9. The van der Waals surface area contributed by atoms with E-state index in [4.69, 9.17) is 4.42 Å². The molecule has 0 amide bonds. The molecule has 0 saturated carbocycles. The van der Waals surface area contributed by atoms with Gasteiger partial charge < -0.3 is 9.32 Å². The van der Waals surface area contributed by atoms with Crippen LogP contribution in [0, 0.1) is 0 Å². The van der Waals surface area contributed by atoms with Crippen LogP contribution in [0.15, 0.2) is 217 Å². The third-order valence-electron chi connectivity index (χ3n) is 10.5. The van der Waals surface area contributed by atoms with E-state index in [9.17, 15) is 0 Å². The minimum atomic E-state index is 0.903. The zero-order valence-electron chi connectivity index (χ0n) is 29.6. The molecule has 1 heterocycles. The minimum Gasteiger partial charge on any atom is -0.456 e. The van der Waals surface area contributed by atoms with Gasteiger partial charge in [-0.25, -0.2) is 0 Å². The largest absolute Gasteiger partial charge is 0.456 e. The van der Waals surface area contributed by atoms with Gasteiger partial charge in [-0.05, 0) is 110 Å². The summed E-state index contributed by atoms with van der Waals surface area (Å²) in [7, 11) is 0. The van der Waals surface area contributed by atoms with E-state index in [0.29, 0.717) is 0 Å². The highest BCUT2D eigenvalue weighted by molar-refractivity contribution is 6.23. The molecule has 0 saturated heterocycles. The van der Waals surface area contributed by atoms with Crippen LogP contribution < -0.4 is 4.90 Å². The SMILES string of the molecule is c1ccc(-c2ccc(N(c3ccc(-c4ccc5ccc6oc7cccc(-c8ccccc8)c7c6c5c4)cc3)c3cccc(-c4ccccc4)c3)cc2)cc1. The van der Waals surface area contributed by atoms with Crippen molar-refractivity contribution in [3.63, 3.8) is 0 Å². The summed E-state index contributed by atoms with van der Waals surface area (Å²) in [4.78, 5) is 2.34. The highest BCUT2D eigenvalue weighted by Crippen LogP contribution is 2.42. The molecule has 10 aromatic rings. The number of rotatable bonds is 7. The summed E-state index contributed by atoms with van der Waals surface area (Å²) < 4.78 is 6.46. The predicted molar refractivity (Wildman–Crippen MR) is 228 cm³/mol. The van der Waals surface area contributed by atoms with Crippen LogP contribution in [0.1, 0.15) is 0 Å². The number of fused-ring (bicyclic) bond motifs is 5. The molecule has 2 heteroatoms. The van der Waals surface area contributed by atoms with Crippen molar-refractivity contribution in [2.75, 3.05) is 4.90 Å². The molecule has 54 heavy (non-hydrogen) atoms. The van der Waals surface area contributed by atoms with Crippen molar-refractivity contribution in [2.24, 2.45) is 0 Å². The molecule has 0 spiro atoms. The Morgan fingerprint density at radius 2 is 0.778 bits per heavy atom. The Balaban J connectivity index is 1.07. The summed E-state index contributed by atoms with van der Waals surface area (Å²) in [6.07, 6.45) is 0. The molecular formula is C52H35NO. The van der Waals surface area contributed by atoms with Gasteiger partial charge in [-0.15, -0.1) is 0 Å². The maximum atomic E-state index is 6.46. The van der Waals surface area contributed by atoms with Gasteiger partial charge in [0.2, 0.25) is 0 Å². The molecule has 2 nitrogen and oxygen atoms in total. The molecule has 0 aliphatic heterocycles. The second kappa shape index (κ2) is 13.4. The van der Waals surface area contributed by atoms with Gasteiger partial charge in [0.25, 0.3) is 0 Å².